The Morgan fingerprint density at radius 1 is 1.10 bits per heavy atom. The number of fused-ring (bicyclic) bond motifs is 6. The number of nitrogens with zero attached hydrogens (tertiary/aromatic N) is 3. The average Bonchev–Trinajstić information content (AvgIpc) is 3.47. The van der Waals surface area contributed by atoms with Gasteiger partial charge in [0.05, 0.1) is 38.4 Å². The minimum absolute atomic E-state index is 0.0219. The molecule has 5 rings (SSSR count). The summed E-state index contributed by atoms with van der Waals surface area (Å²) in [6.45, 7) is 1.92. The first-order valence-electron chi connectivity index (χ1n) is 14.1. The van der Waals surface area contributed by atoms with Crippen molar-refractivity contribution in [1.29, 1.82) is 0 Å². The van der Waals surface area contributed by atoms with Crippen molar-refractivity contribution in [2.75, 3.05) is 60.2 Å². The van der Waals surface area contributed by atoms with Gasteiger partial charge in [-0.2, -0.15) is 0 Å². The second-order valence-electron chi connectivity index (χ2n) is 11.2. The van der Waals surface area contributed by atoms with Crippen LogP contribution in [0.4, 0.5) is 0 Å². The smallest absolute Gasteiger partial charge is 0.248 e. The zero-order chi connectivity index (χ0) is 29.1. The van der Waals surface area contributed by atoms with E-state index in [0.717, 1.165) is 11.3 Å². The zero-order valence-electron chi connectivity index (χ0n) is 23.5. The molecule has 6 bridgehead atoms. The van der Waals surface area contributed by atoms with Crippen LogP contribution < -0.4 is 10.1 Å². The Morgan fingerprint density at radius 2 is 1.90 bits per heavy atom. The molecule has 4 aliphatic heterocycles. The van der Waals surface area contributed by atoms with Crippen molar-refractivity contribution in [2.45, 2.75) is 62.0 Å². The number of rotatable bonds is 5. The fourth-order valence-electron chi connectivity index (χ4n) is 6.26. The topological polar surface area (TPSA) is 150 Å². The second kappa shape index (κ2) is 13.0. The summed E-state index contributed by atoms with van der Waals surface area (Å²) in [5, 5.41) is 24.4. The van der Waals surface area contributed by atoms with Gasteiger partial charge >= 0.3 is 0 Å². The minimum Gasteiger partial charge on any atom is -0.497 e. The van der Waals surface area contributed by atoms with Gasteiger partial charge in [-0.15, -0.1) is 0 Å². The highest BCUT2D eigenvalue weighted by Crippen LogP contribution is 2.28. The Bertz CT molecular complexity index is 1110. The van der Waals surface area contributed by atoms with Crippen LogP contribution in [0.5, 0.6) is 5.75 Å². The molecule has 226 valence electrons. The molecule has 4 aliphatic rings. The fraction of sp³-hybridized carbons (Fsp3) is 0.679. The zero-order valence-corrected chi connectivity index (χ0v) is 23.5. The molecule has 13 heteroatoms. The van der Waals surface area contributed by atoms with Crippen LogP contribution in [-0.2, 0) is 35.1 Å². The first kappa shape index (κ1) is 29.7. The predicted molar refractivity (Wildman–Crippen MR) is 144 cm³/mol. The maximum Gasteiger partial charge on any atom is 0.248 e. The largest absolute Gasteiger partial charge is 0.497 e. The highest BCUT2D eigenvalue weighted by atomic mass is 16.5. The van der Waals surface area contributed by atoms with Gasteiger partial charge in [0.15, 0.2) is 0 Å². The lowest BCUT2D eigenvalue weighted by molar-refractivity contribution is -0.148. The van der Waals surface area contributed by atoms with Gasteiger partial charge in [0.25, 0.3) is 0 Å². The van der Waals surface area contributed by atoms with E-state index in [4.69, 9.17) is 18.9 Å². The number of likely N-dealkylation sites (tertiary alicyclic amines) is 1. The molecule has 3 amide bonds. The summed E-state index contributed by atoms with van der Waals surface area (Å²) < 4.78 is 22.3. The van der Waals surface area contributed by atoms with Gasteiger partial charge in [0.1, 0.15) is 30.7 Å². The highest BCUT2D eigenvalue weighted by Gasteiger charge is 2.46. The van der Waals surface area contributed by atoms with E-state index in [2.05, 4.69) is 10.2 Å². The number of hydrogen-bond donors (Lipinski definition) is 3. The minimum atomic E-state index is -1.29. The number of nitrogens with one attached hydrogen (secondary N) is 1. The van der Waals surface area contributed by atoms with E-state index in [1.165, 1.54) is 12.0 Å². The van der Waals surface area contributed by atoms with Crippen molar-refractivity contribution >= 4 is 17.7 Å². The van der Waals surface area contributed by atoms with E-state index in [1.807, 2.05) is 24.3 Å². The molecule has 4 saturated heterocycles. The lowest BCUT2D eigenvalue weighted by Gasteiger charge is -2.38. The van der Waals surface area contributed by atoms with Gasteiger partial charge < -0.3 is 44.3 Å². The average molecular weight is 577 g/mol. The molecule has 13 nitrogen and oxygen atoms in total. The standard InChI is InChI=1S/C28H40N4O9/c1-38-16-25(34)32-14-20-13-30(6-7-40-20)28(37)21-9-18(12-31(21)11-17-4-3-5-19(8-17)39-2)29-24(33)10-22-26(35)27(36)23(15-32)41-22/h3-5,8,18,20-23,26-27,35-36H,6-7,9-16H2,1-2H3,(H,29,33)/t18-,20-,21-,22-,23+,26-,27+/m0/s1. The highest BCUT2D eigenvalue weighted by molar-refractivity contribution is 5.83. The Kier molecular flexibility index (Phi) is 9.42. The van der Waals surface area contributed by atoms with E-state index < -0.39 is 36.6 Å². The van der Waals surface area contributed by atoms with Crippen LogP contribution in [-0.4, -0.2) is 145 Å². The fourth-order valence-corrected chi connectivity index (χ4v) is 6.26. The first-order chi connectivity index (χ1) is 19.7. The van der Waals surface area contributed by atoms with Crippen molar-refractivity contribution in [3.05, 3.63) is 29.8 Å². The van der Waals surface area contributed by atoms with Crippen molar-refractivity contribution in [3.63, 3.8) is 0 Å². The Balaban J connectivity index is 1.41. The molecule has 1 aromatic carbocycles. The van der Waals surface area contributed by atoms with Gasteiger partial charge in [-0.05, 0) is 24.1 Å². The second-order valence-corrected chi connectivity index (χ2v) is 11.2. The quantitative estimate of drug-likeness (QED) is 0.372. The van der Waals surface area contributed by atoms with Gasteiger partial charge in [-0.3, -0.25) is 19.3 Å². The monoisotopic (exact) mass is 576 g/mol. The third kappa shape index (κ3) is 6.82. The summed E-state index contributed by atoms with van der Waals surface area (Å²) in [5.74, 6) is -0.00404. The van der Waals surface area contributed by atoms with E-state index in [1.54, 1.807) is 12.0 Å². The number of carbonyl (C=O) groups is 3. The van der Waals surface area contributed by atoms with Crippen LogP contribution in [0.1, 0.15) is 18.4 Å². The van der Waals surface area contributed by atoms with Gasteiger partial charge in [-0.25, -0.2) is 0 Å². The van der Waals surface area contributed by atoms with Crippen LogP contribution in [0.25, 0.3) is 0 Å². The molecular weight excluding hydrogens is 536 g/mol. The number of aliphatic hydroxyl groups is 2. The van der Waals surface area contributed by atoms with Crippen LogP contribution in [0.3, 0.4) is 0 Å². The van der Waals surface area contributed by atoms with Crippen LogP contribution in [0.15, 0.2) is 24.3 Å². The van der Waals surface area contributed by atoms with Crippen LogP contribution in [0.2, 0.25) is 0 Å². The Morgan fingerprint density at radius 3 is 2.68 bits per heavy atom. The molecule has 0 spiro atoms. The number of ether oxygens (including phenoxy) is 4. The molecule has 0 aliphatic carbocycles. The van der Waals surface area contributed by atoms with Crippen molar-refractivity contribution < 1.29 is 43.5 Å². The van der Waals surface area contributed by atoms with E-state index in [0.29, 0.717) is 32.7 Å². The van der Waals surface area contributed by atoms with E-state index in [9.17, 15) is 24.6 Å². The number of carbonyl (C=O) groups excluding carboxylic acids is 3. The predicted octanol–water partition coefficient (Wildman–Crippen LogP) is -1.65. The van der Waals surface area contributed by atoms with Crippen molar-refractivity contribution in [2.24, 2.45) is 0 Å². The lowest BCUT2D eigenvalue weighted by atomic mass is 10.0. The summed E-state index contributed by atoms with van der Waals surface area (Å²) in [6.07, 6.45) is -4.59. The molecule has 7 atom stereocenters. The molecule has 0 radical (unpaired) electrons. The van der Waals surface area contributed by atoms with Crippen LogP contribution >= 0.6 is 0 Å². The third-order valence-corrected chi connectivity index (χ3v) is 8.32. The van der Waals surface area contributed by atoms with Gasteiger partial charge in [0, 0.05) is 52.4 Å². The maximum absolute atomic E-state index is 13.9. The molecule has 0 aromatic heterocycles. The summed E-state index contributed by atoms with van der Waals surface area (Å²) >= 11 is 0. The molecule has 41 heavy (non-hydrogen) atoms. The molecule has 0 unspecified atom stereocenters. The number of hydrogen-bond acceptors (Lipinski definition) is 10. The molecule has 4 heterocycles. The number of amides is 3. The van der Waals surface area contributed by atoms with E-state index >= 15 is 0 Å². The Labute approximate surface area is 239 Å². The number of aliphatic hydroxyl groups excluding tert-OH is 2. The van der Waals surface area contributed by atoms with Crippen LogP contribution in [0, 0.1) is 0 Å². The summed E-state index contributed by atoms with van der Waals surface area (Å²) in [6, 6.07) is 6.92. The van der Waals surface area contributed by atoms with Gasteiger partial charge in [0.2, 0.25) is 17.7 Å². The SMILES string of the molecule is COCC(=O)N1C[C@@H]2CN(CCO2)C(=O)[C@@H]2C[C@@H](CN2Cc2cccc(OC)c2)NC(=O)C[C@@H]2O[C@H](C1)[C@@H](O)[C@H]2O. The van der Waals surface area contributed by atoms with Crippen molar-refractivity contribution in [3.8, 4) is 5.75 Å². The van der Waals surface area contributed by atoms with Crippen molar-refractivity contribution in [1.82, 2.24) is 20.0 Å². The summed E-state index contributed by atoms with van der Waals surface area (Å²) in [4.78, 5) is 45.2. The summed E-state index contributed by atoms with van der Waals surface area (Å²) in [5.41, 5.74) is 0.981. The normalized spacial score (nSPS) is 33.1. The number of methoxy groups -OCH3 is 2. The summed E-state index contributed by atoms with van der Waals surface area (Å²) in [7, 11) is 3.02. The molecular formula is C28H40N4O9. The van der Waals surface area contributed by atoms with E-state index in [-0.39, 0.29) is 56.4 Å². The Hall–Kier alpha value is -2.81. The number of morpholine rings is 1. The van der Waals surface area contributed by atoms with Gasteiger partial charge in [-0.1, -0.05) is 12.1 Å². The third-order valence-electron chi connectivity index (χ3n) is 8.32. The molecule has 4 fully saturated rings. The number of benzene rings is 1. The molecule has 3 N–H and O–H groups in total. The molecule has 1 aromatic rings. The maximum atomic E-state index is 13.9. The lowest BCUT2D eigenvalue weighted by Crippen LogP contribution is -2.55. The molecule has 0 saturated carbocycles. The first-order valence-corrected chi connectivity index (χ1v) is 14.1.